The maximum atomic E-state index is 5.61. The minimum absolute atomic E-state index is 0.837. The smallest absolute Gasteiger partial charge is 0.00744 e. The molecule has 2 N–H and O–H groups in total. The van der Waals surface area contributed by atoms with E-state index in [-0.39, 0.29) is 0 Å². The molecular formula is C11H25N. The molecule has 0 aliphatic rings. The minimum atomic E-state index is 0.837. The highest BCUT2D eigenvalue weighted by atomic mass is 14.5. The van der Waals surface area contributed by atoms with Crippen molar-refractivity contribution in [3.8, 4) is 0 Å². The van der Waals surface area contributed by atoms with Gasteiger partial charge in [0.05, 0.1) is 0 Å². The molecule has 0 aliphatic carbocycles. The highest BCUT2D eigenvalue weighted by molar-refractivity contribution is 4.71. The lowest BCUT2D eigenvalue weighted by atomic mass is 9.79. The van der Waals surface area contributed by atoms with Crippen LogP contribution in [0.1, 0.15) is 47.0 Å². The average Bonchev–Trinajstić information content (AvgIpc) is 2.11. The molecule has 12 heavy (non-hydrogen) atoms. The van der Waals surface area contributed by atoms with Crippen LogP contribution in [0.2, 0.25) is 0 Å². The molecule has 0 aromatic rings. The van der Waals surface area contributed by atoms with Gasteiger partial charge in [0.25, 0.3) is 0 Å². The van der Waals surface area contributed by atoms with Crippen LogP contribution >= 0.6 is 0 Å². The number of rotatable bonds is 6. The van der Waals surface area contributed by atoms with Crippen LogP contribution in [0.5, 0.6) is 0 Å². The third-order valence-corrected chi connectivity index (χ3v) is 3.25. The first-order valence-electron chi connectivity index (χ1n) is 5.37. The second-order valence-electron chi connectivity index (χ2n) is 4.01. The molecule has 2 unspecified atom stereocenters. The van der Waals surface area contributed by atoms with Crippen LogP contribution in [0.15, 0.2) is 0 Å². The number of hydrogen-bond acceptors (Lipinski definition) is 1. The lowest BCUT2D eigenvalue weighted by Gasteiger charge is -2.27. The zero-order valence-electron chi connectivity index (χ0n) is 9.14. The SMILES string of the molecule is CCC(C)C(CCN)C(C)CC. The van der Waals surface area contributed by atoms with Crippen LogP contribution in [0.25, 0.3) is 0 Å². The van der Waals surface area contributed by atoms with Gasteiger partial charge in [0.1, 0.15) is 0 Å². The monoisotopic (exact) mass is 171 g/mol. The van der Waals surface area contributed by atoms with Gasteiger partial charge in [-0.25, -0.2) is 0 Å². The summed E-state index contributed by atoms with van der Waals surface area (Å²) in [6, 6.07) is 0. The van der Waals surface area contributed by atoms with E-state index >= 15 is 0 Å². The van der Waals surface area contributed by atoms with Crippen LogP contribution in [0.3, 0.4) is 0 Å². The van der Waals surface area contributed by atoms with Crippen molar-refractivity contribution in [2.24, 2.45) is 23.5 Å². The van der Waals surface area contributed by atoms with Crippen molar-refractivity contribution in [1.29, 1.82) is 0 Å². The molecule has 74 valence electrons. The molecule has 0 fully saturated rings. The van der Waals surface area contributed by atoms with Crippen LogP contribution in [0.4, 0.5) is 0 Å². The summed E-state index contributed by atoms with van der Waals surface area (Å²) in [6.45, 7) is 10.1. The molecular weight excluding hydrogens is 146 g/mol. The Hall–Kier alpha value is -0.0400. The van der Waals surface area contributed by atoms with Gasteiger partial charge in [-0.2, -0.15) is 0 Å². The summed E-state index contributed by atoms with van der Waals surface area (Å²) in [7, 11) is 0. The quantitative estimate of drug-likeness (QED) is 0.653. The lowest BCUT2D eigenvalue weighted by Crippen LogP contribution is -2.22. The highest BCUT2D eigenvalue weighted by Gasteiger charge is 2.20. The summed E-state index contributed by atoms with van der Waals surface area (Å²) in [4.78, 5) is 0. The van der Waals surface area contributed by atoms with Crippen LogP contribution in [-0.2, 0) is 0 Å². The summed E-state index contributed by atoms with van der Waals surface area (Å²) in [5.74, 6) is 2.51. The van der Waals surface area contributed by atoms with Gasteiger partial charge >= 0.3 is 0 Å². The van der Waals surface area contributed by atoms with E-state index < -0.39 is 0 Å². The van der Waals surface area contributed by atoms with Crippen LogP contribution < -0.4 is 5.73 Å². The zero-order chi connectivity index (χ0) is 9.56. The molecule has 0 rings (SSSR count). The molecule has 2 atom stereocenters. The summed E-state index contributed by atoms with van der Waals surface area (Å²) in [5.41, 5.74) is 5.61. The summed E-state index contributed by atoms with van der Waals surface area (Å²) >= 11 is 0. The van der Waals surface area contributed by atoms with E-state index in [2.05, 4.69) is 27.7 Å². The first kappa shape index (κ1) is 12.0. The Kier molecular flexibility index (Phi) is 6.45. The van der Waals surface area contributed by atoms with E-state index in [0.717, 1.165) is 24.3 Å². The third-order valence-electron chi connectivity index (χ3n) is 3.25. The van der Waals surface area contributed by atoms with Crippen molar-refractivity contribution in [3.63, 3.8) is 0 Å². The first-order valence-corrected chi connectivity index (χ1v) is 5.37. The second-order valence-corrected chi connectivity index (χ2v) is 4.01. The van der Waals surface area contributed by atoms with Gasteiger partial charge in [-0.05, 0) is 30.7 Å². The normalized spacial score (nSPS) is 18.8. The van der Waals surface area contributed by atoms with E-state index in [1.54, 1.807) is 0 Å². The van der Waals surface area contributed by atoms with E-state index in [1.807, 2.05) is 0 Å². The Balaban J connectivity index is 4.01. The van der Waals surface area contributed by atoms with Gasteiger partial charge in [-0.15, -0.1) is 0 Å². The van der Waals surface area contributed by atoms with Crippen molar-refractivity contribution in [3.05, 3.63) is 0 Å². The van der Waals surface area contributed by atoms with Gasteiger partial charge in [-0.1, -0.05) is 40.5 Å². The zero-order valence-corrected chi connectivity index (χ0v) is 9.14. The first-order chi connectivity index (χ1) is 5.67. The topological polar surface area (TPSA) is 26.0 Å². The molecule has 0 aromatic heterocycles. The molecule has 0 bridgehead atoms. The number of nitrogens with two attached hydrogens (primary N) is 1. The van der Waals surface area contributed by atoms with Crippen molar-refractivity contribution in [1.82, 2.24) is 0 Å². The Labute approximate surface area is 77.7 Å². The predicted molar refractivity (Wildman–Crippen MR) is 56.1 cm³/mol. The minimum Gasteiger partial charge on any atom is -0.330 e. The molecule has 0 aliphatic heterocycles. The Bertz CT molecular complexity index is 91.2. The van der Waals surface area contributed by atoms with Gasteiger partial charge in [0.15, 0.2) is 0 Å². The molecule has 1 nitrogen and oxygen atoms in total. The molecule has 0 heterocycles. The van der Waals surface area contributed by atoms with Crippen molar-refractivity contribution in [2.45, 2.75) is 47.0 Å². The average molecular weight is 171 g/mol. The predicted octanol–water partition coefficient (Wildman–Crippen LogP) is 3.04. The summed E-state index contributed by atoms with van der Waals surface area (Å²) in [6.07, 6.45) is 3.77. The molecule has 0 amide bonds. The highest BCUT2D eigenvalue weighted by Crippen LogP contribution is 2.28. The van der Waals surface area contributed by atoms with E-state index in [0.29, 0.717) is 0 Å². The molecule has 0 spiro atoms. The summed E-state index contributed by atoms with van der Waals surface area (Å²) in [5, 5.41) is 0. The third kappa shape index (κ3) is 3.57. The van der Waals surface area contributed by atoms with E-state index in [1.165, 1.54) is 19.3 Å². The van der Waals surface area contributed by atoms with Gasteiger partial charge in [-0.3, -0.25) is 0 Å². The number of hydrogen-bond donors (Lipinski definition) is 1. The lowest BCUT2D eigenvalue weighted by molar-refractivity contribution is 0.231. The molecule has 0 saturated carbocycles. The fraction of sp³-hybridized carbons (Fsp3) is 1.00. The van der Waals surface area contributed by atoms with Gasteiger partial charge < -0.3 is 5.73 Å². The van der Waals surface area contributed by atoms with Crippen molar-refractivity contribution < 1.29 is 0 Å². The largest absolute Gasteiger partial charge is 0.330 e. The molecule has 0 saturated heterocycles. The molecule has 1 heteroatoms. The molecule has 0 aromatic carbocycles. The van der Waals surface area contributed by atoms with Crippen molar-refractivity contribution >= 4 is 0 Å². The van der Waals surface area contributed by atoms with Crippen LogP contribution in [0, 0.1) is 17.8 Å². The Morgan fingerprint density at radius 2 is 1.42 bits per heavy atom. The molecule has 0 radical (unpaired) electrons. The fourth-order valence-corrected chi connectivity index (χ4v) is 1.93. The Morgan fingerprint density at radius 1 is 1.00 bits per heavy atom. The van der Waals surface area contributed by atoms with E-state index in [4.69, 9.17) is 5.73 Å². The van der Waals surface area contributed by atoms with Crippen LogP contribution in [-0.4, -0.2) is 6.54 Å². The van der Waals surface area contributed by atoms with E-state index in [9.17, 15) is 0 Å². The van der Waals surface area contributed by atoms with Crippen molar-refractivity contribution in [2.75, 3.05) is 6.54 Å². The maximum Gasteiger partial charge on any atom is -0.00744 e. The standard InChI is InChI=1S/C11H25N/c1-5-9(3)11(7-8-12)10(4)6-2/h9-11H,5-8,12H2,1-4H3. The summed E-state index contributed by atoms with van der Waals surface area (Å²) < 4.78 is 0. The fourth-order valence-electron chi connectivity index (χ4n) is 1.93. The van der Waals surface area contributed by atoms with Gasteiger partial charge in [0.2, 0.25) is 0 Å². The second kappa shape index (κ2) is 6.47. The van der Waals surface area contributed by atoms with Gasteiger partial charge in [0, 0.05) is 0 Å². The maximum absolute atomic E-state index is 5.61. The Morgan fingerprint density at radius 3 is 1.67 bits per heavy atom.